The number of alkyl halides is 3. The first kappa shape index (κ1) is 20.4. The van der Waals surface area contributed by atoms with E-state index < -0.39 is 27.7 Å². The quantitative estimate of drug-likeness (QED) is 0.799. The van der Waals surface area contributed by atoms with Crippen LogP contribution in [0.1, 0.15) is 40.2 Å². The largest absolute Gasteiger partial charge is 0.416 e. The number of nitrogens with one attached hydrogen (secondary N) is 2. The van der Waals surface area contributed by atoms with E-state index in [2.05, 4.69) is 10.3 Å². The maximum atomic E-state index is 12.9. The number of halogens is 3. The highest BCUT2D eigenvalue weighted by atomic mass is 32.2. The predicted octanol–water partition coefficient (Wildman–Crippen LogP) is 3.69. The van der Waals surface area contributed by atoms with Crippen LogP contribution in [0.3, 0.4) is 0 Å². The lowest BCUT2D eigenvalue weighted by Crippen LogP contribution is -2.28. The van der Waals surface area contributed by atoms with Crippen molar-refractivity contribution >= 4 is 21.6 Å². The number of aromatic amines is 1. The highest BCUT2D eigenvalue weighted by Gasteiger charge is 2.33. The number of hydrogen-bond acceptors (Lipinski definition) is 3. The number of hydrogen-bond donors (Lipinski definition) is 2. The third kappa shape index (κ3) is 3.79. The van der Waals surface area contributed by atoms with Crippen molar-refractivity contribution in [2.75, 3.05) is 18.4 Å². The van der Waals surface area contributed by atoms with Gasteiger partial charge in [-0.05, 0) is 50.5 Å². The number of benzene rings is 1. The first-order chi connectivity index (χ1) is 13.0. The fourth-order valence-electron chi connectivity index (χ4n) is 3.37. The molecule has 0 aliphatic carbocycles. The van der Waals surface area contributed by atoms with E-state index in [-0.39, 0.29) is 21.8 Å². The fraction of sp³-hybridized carbons (Fsp3) is 0.389. The van der Waals surface area contributed by atoms with Crippen LogP contribution >= 0.6 is 0 Å². The molecule has 2 aromatic rings. The molecule has 1 aliphatic rings. The molecule has 10 heteroatoms. The van der Waals surface area contributed by atoms with E-state index in [1.807, 2.05) is 0 Å². The van der Waals surface area contributed by atoms with Gasteiger partial charge in [0.05, 0.1) is 5.56 Å². The van der Waals surface area contributed by atoms with E-state index in [0.717, 1.165) is 25.0 Å². The summed E-state index contributed by atoms with van der Waals surface area (Å²) in [4.78, 5) is 15.4. The summed E-state index contributed by atoms with van der Waals surface area (Å²) < 4.78 is 65.6. The van der Waals surface area contributed by atoms with Gasteiger partial charge in [-0.3, -0.25) is 4.79 Å². The van der Waals surface area contributed by atoms with E-state index in [1.165, 1.54) is 23.4 Å². The molecule has 0 spiro atoms. The van der Waals surface area contributed by atoms with Gasteiger partial charge in [0.1, 0.15) is 10.6 Å². The van der Waals surface area contributed by atoms with Crippen LogP contribution in [0.2, 0.25) is 0 Å². The topological polar surface area (TPSA) is 82.3 Å². The Morgan fingerprint density at radius 1 is 1.18 bits per heavy atom. The molecule has 1 aliphatic heterocycles. The molecule has 1 fully saturated rings. The van der Waals surface area contributed by atoms with Gasteiger partial charge in [0.2, 0.25) is 10.0 Å². The van der Waals surface area contributed by atoms with Gasteiger partial charge in [0, 0.05) is 24.5 Å². The zero-order valence-corrected chi connectivity index (χ0v) is 16.2. The van der Waals surface area contributed by atoms with Crippen molar-refractivity contribution in [1.29, 1.82) is 0 Å². The van der Waals surface area contributed by atoms with Crippen molar-refractivity contribution in [2.24, 2.45) is 0 Å². The Morgan fingerprint density at radius 2 is 1.82 bits per heavy atom. The summed E-state index contributed by atoms with van der Waals surface area (Å²) in [7, 11) is -3.74. The SMILES string of the molecule is Cc1[nH]c(C(=O)Nc2cccc(C(F)(F)F)c2)c(C)c1S(=O)(=O)N1CCCC1. The summed E-state index contributed by atoms with van der Waals surface area (Å²) in [5, 5.41) is 2.39. The molecule has 1 saturated heterocycles. The normalized spacial score (nSPS) is 15.8. The monoisotopic (exact) mass is 415 g/mol. The second kappa shape index (κ2) is 7.25. The Bertz CT molecular complexity index is 1010. The van der Waals surface area contributed by atoms with Crippen LogP contribution < -0.4 is 5.32 Å². The summed E-state index contributed by atoms with van der Waals surface area (Å²) in [6.07, 6.45) is -2.97. The Labute approximate surface area is 160 Å². The smallest absolute Gasteiger partial charge is 0.353 e. The van der Waals surface area contributed by atoms with E-state index in [4.69, 9.17) is 0 Å². The summed E-state index contributed by atoms with van der Waals surface area (Å²) in [5.74, 6) is -0.706. The molecule has 1 aromatic carbocycles. The van der Waals surface area contributed by atoms with Gasteiger partial charge in [-0.1, -0.05) is 6.07 Å². The zero-order valence-electron chi connectivity index (χ0n) is 15.4. The number of sulfonamides is 1. The van der Waals surface area contributed by atoms with E-state index in [1.54, 1.807) is 6.92 Å². The molecule has 3 rings (SSSR count). The molecule has 28 heavy (non-hydrogen) atoms. The average molecular weight is 415 g/mol. The van der Waals surface area contributed by atoms with E-state index >= 15 is 0 Å². The van der Waals surface area contributed by atoms with Gasteiger partial charge in [0.15, 0.2) is 0 Å². The average Bonchev–Trinajstić information content (AvgIpc) is 3.23. The Kier molecular flexibility index (Phi) is 5.28. The lowest BCUT2D eigenvalue weighted by molar-refractivity contribution is -0.137. The number of nitrogens with zero attached hydrogens (tertiary/aromatic N) is 1. The summed E-state index contributed by atoms with van der Waals surface area (Å²) in [5.41, 5.74) is -0.349. The molecule has 2 heterocycles. The van der Waals surface area contributed by atoms with E-state index in [9.17, 15) is 26.4 Å². The van der Waals surface area contributed by atoms with Gasteiger partial charge in [-0.15, -0.1) is 0 Å². The number of carbonyl (C=O) groups excluding carboxylic acids is 1. The Hall–Kier alpha value is -2.33. The molecular weight excluding hydrogens is 395 g/mol. The number of amides is 1. The molecule has 0 atom stereocenters. The van der Waals surface area contributed by atoms with Crippen molar-refractivity contribution in [2.45, 2.75) is 37.8 Å². The first-order valence-corrected chi connectivity index (χ1v) is 10.1. The highest BCUT2D eigenvalue weighted by molar-refractivity contribution is 7.89. The predicted molar refractivity (Wildman–Crippen MR) is 97.7 cm³/mol. The lowest BCUT2D eigenvalue weighted by Gasteiger charge is -2.16. The molecule has 0 unspecified atom stereocenters. The zero-order chi connectivity index (χ0) is 20.7. The number of aromatic nitrogens is 1. The molecular formula is C18H20F3N3O3S. The van der Waals surface area contributed by atoms with Gasteiger partial charge in [-0.25, -0.2) is 8.42 Å². The second-order valence-corrected chi connectivity index (χ2v) is 8.60. The first-order valence-electron chi connectivity index (χ1n) is 8.69. The van der Waals surface area contributed by atoms with Crippen LogP contribution in [0, 0.1) is 13.8 Å². The summed E-state index contributed by atoms with van der Waals surface area (Å²) >= 11 is 0. The Morgan fingerprint density at radius 3 is 2.43 bits per heavy atom. The molecule has 0 bridgehead atoms. The van der Waals surface area contributed by atoms with Gasteiger partial charge in [-0.2, -0.15) is 17.5 Å². The maximum Gasteiger partial charge on any atom is 0.416 e. The van der Waals surface area contributed by atoms with Gasteiger partial charge < -0.3 is 10.3 Å². The number of rotatable bonds is 4. The molecule has 6 nitrogen and oxygen atoms in total. The number of aryl methyl sites for hydroxylation is 1. The summed E-state index contributed by atoms with van der Waals surface area (Å²) in [6.45, 7) is 3.92. The molecule has 2 N–H and O–H groups in total. The minimum absolute atomic E-state index is 0.00711. The minimum Gasteiger partial charge on any atom is -0.353 e. The third-order valence-electron chi connectivity index (χ3n) is 4.71. The molecule has 0 saturated carbocycles. The number of H-pyrrole nitrogens is 1. The fourth-order valence-corrected chi connectivity index (χ4v) is 5.30. The van der Waals surface area contributed by atoms with Crippen LogP contribution in [0.5, 0.6) is 0 Å². The highest BCUT2D eigenvalue weighted by Crippen LogP contribution is 2.32. The van der Waals surface area contributed by atoms with Crippen LogP contribution in [0.15, 0.2) is 29.2 Å². The van der Waals surface area contributed by atoms with Gasteiger partial charge in [0.25, 0.3) is 5.91 Å². The summed E-state index contributed by atoms with van der Waals surface area (Å²) in [6, 6.07) is 4.25. The second-order valence-electron chi connectivity index (χ2n) is 6.72. The van der Waals surface area contributed by atoms with Crippen molar-refractivity contribution in [3.8, 4) is 0 Å². The molecule has 1 aromatic heterocycles. The molecule has 0 radical (unpaired) electrons. The van der Waals surface area contributed by atoms with Crippen LogP contribution in [0.25, 0.3) is 0 Å². The van der Waals surface area contributed by atoms with E-state index in [0.29, 0.717) is 18.8 Å². The number of carbonyl (C=O) groups is 1. The van der Waals surface area contributed by atoms with Crippen molar-refractivity contribution < 1.29 is 26.4 Å². The minimum atomic E-state index is -4.53. The van der Waals surface area contributed by atoms with Crippen LogP contribution in [0.4, 0.5) is 18.9 Å². The van der Waals surface area contributed by atoms with Crippen molar-refractivity contribution in [3.05, 3.63) is 46.8 Å². The van der Waals surface area contributed by atoms with Gasteiger partial charge >= 0.3 is 6.18 Å². The van der Waals surface area contributed by atoms with Crippen molar-refractivity contribution in [3.63, 3.8) is 0 Å². The maximum absolute atomic E-state index is 12.9. The van der Waals surface area contributed by atoms with Crippen LogP contribution in [-0.4, -0.2) is 36.7 Å². The standard InChI is InChI=1S/C18H20F3N3O3S/c1-11-15(17(25)23-14-7-5-6-13(10-14)18(19,20)21)22-12(2)16(11)28(26,27)24-8-3-4-9-24/h5-7,10,22H,3-4,8-9H2,1-2H3,(H,23,25). The van der Waals surface area contributed by atoms with Crippen molar-refractivity contribution in [1.82, 2.24) is 9.29 Å². The third-order valence-corrected chi connectivity index (χ3v) is 6.88. The lowest BCUT2D eigenvalue weighted by atomic mass is 10.2. The van der Waals surface area contributed by atoms with Crippen LogP contribution in [-0.2, 0) is 16.2 Å². The Balaban J connectivity index is 1.90. The molecule has 1 amide bonds. The number of anilines is 1. The molecule has 152 valence electrons.